The van der Waals surface area contributed by atoms with Gasteiger partial charge in [-0.2, -0.15) is 0 Å². The predicted molar refractivity (Wildman–Crippen MR) is 98.0 cm³/mol. The van der Waals surface area contributed by atoms with Crippen molar-refractivity contribution in [3.63, 3.8) is 0 Å². The third-order valence-corrected chi connectivity index (χ3v) is 5.12. The van der Waals surface area contributed by atoms with Crippen LogP contribution in [0.4, 0.5) is 4.79 Å². The standard InChI is InChI=1S/C17H27N3O5S/c1-12(19-16(22)25-17(2,3)4)15(21)18-11-13-7-9-14(10-8-13)26(23,24)20(5)6/h7-10,12H,11H2,1-6H3,(H,18,21)(H,19,22)/t12-/m1/s1. The molecule has 8 nitrogen and oxygen atoms in total. The van der Waals surface area contributed by atoms with Crippen molar-refractivity contribution < 1.29 is 22.7 Å². The van der Waals surface area contributed by atoms with Crippen molar-refractivity contribution in [1.82, 2.24) is 14.9 Å². The number of ether oxygens (including phenoxy) is 1. The van der Waals surface area contributed by atoms with E-state index in [0.29, 0.717) is 0 Å². The molecule has 0 bridgehead atoms. The highest BCUT2D eigenvalue weighted by atomic mass is 32.2. The Labute approximate surface area is 155 Å². The molecule has 1 rings (SSSR count). The van der Waals surface area contributed by atoms with E-state index < -0.39 is 27.8 Å². The van der Waals surface area contributed by atoms with Crippen LogP contribution in [0.3, 0.4) is 0 Å². The van der Waals surface area contributed by atoms with Crippen molar-refractivity contribution in [1.29, 1.82) is 0 Å². The number of sulfonamides is 1. The highest BCUT2D eigenvalue weighted by Crippen LogP contribution is 2.14. The highest BCUT2D eigenvalue weighted by Gasteiger charge is 2.21. The maximum atomic E-state index is 12.0. The summed E-state index contributed by atoms with van der Waals surface area (Å²) in [6, 6.07) is 5.46. The number of nitrogens with zero attached hydrogens (tertiary/aromatic N) is 1. The first-order valence-corrected chi connectivity index (χ1v) is 9.55. The molecule has 2 amide bonds. The van der Waals surface area contributed by atoms with E-state index in [9.17, 15) is 18.0 Å². The van der Waals surface area contributed by atoms with Crippen molar-refractivity contribution in [3.05, 3.63) is 29.8 Å². The fourth-order valence-corrected chi connectivity index (χ4v) is 2.78. The summed E-state index contributed by atoms with van der Waals surface area (Å²) in [6.07, 6.45) is -0.668. The molecule has 1 aromatic carbocycles. The number of hydrogen-bond donors (Lipinski definition) is 2. The molecule has 0 aliphatic carbocycles. The van der Waals surface area contributed by atoms with Gasteiger partial charge in [-0.05, 0) is 45.4 Å². The van der Waals surface area contributed by atoms with Crippen LogP contribution < -0.4 is 10.6 Å². The van der Waals surface area contributed by atoms with Crippen molar-refractivity contribution in [2.45, 2.75) is 50.8 Å². The van der Waals surface area contributed by atoms with Crippen LogP contribution in [-0.4, -0.2) is 50.5 Å². The molecule has 0 aromatic heterocycles. The first-order chi connectivity index (χ1) is 11.8. The molecule has 9 heteroatoms. The van der Waals surface area contributed by atoms with Gasteiger partial charge in [0.2, 0.25) is 15.9 Å². The minimum absolute atomic E-state index is 0.178. The number of carbonyl (C=O) groups is 2. The Kier molecular flexibility index (Phi) is 7.16. The van der Waals surface area contributed by atoms with Gasteiger partial charge in [0.05, 0.1) is 4.90 Å². The Morgan fingerprint density at radius 2 is 1.69 bits per heavy atom. The van der Waals surface area contributed by atoms with Crippen LogP contribution in [-0.2, 0) is 26.1 Å². The second-order valence-corrected chi connectivity index (χ2v) is 9.17. The number of alkyl carbamates (subject to hydrolysis) is 1. The van der Waals surface area contributed by atoms with E-state index in [-0.39, 0.29) is 17.3 Å². The molecule has 0 saturated carbocycles. The largest absolute Gasteiger partial charge is 0.444 e. The second-order valence-electron chi connectivity index (χ2n) is 7.02. The highest BCUT2D eigenvalue weighted by molar-refractivity contribution is 7.89. The van der Waals surface area contributed by atoms with E-state index in [0.717, 1.165) is 9.87 Å². The summed E-state index contributed by atoms with van der Waals surface area (Å²) in [5, 5.41) is 5.13. The summed E-state index contributed by atoms with van der Waals surface area (Å²) in [7, 11) is -0.561. The molecule has 1 aromatic rings. The maximum Gasteiger partial charge on any atom is 0.408 e. The van der Waals surface area contributed by atoms with Crippen LogP contribution in [0.2, 0.25) is 0 Å². The molecule has 0 saturated heterocycles. The monoisotopic (exact) mass is 385 g/mol. The van der Waals surface area contributed by atoms with Crippen LogP contribution in [0.1, 0.15) is 33.3 Å². The summed E-state index contributed by atoms with van der Waals surface area (Å²) in [5.41, 5.74) is 0.0927. The molecule has 2 N–H and O–H groups in total. The Morgan fingerprint density at radius 3 is 2.15 bits per heavy atom. The summed E-state index contributed by atoms with van der Waals surface area (Å²) >= 11 is 0. The van der Waals surface area contributed by atoms with Gasteiger partial charge in [0, 0.05) is 20.6 Å². The van der Waals surface area contributed by atoms with Crippen LogP contribution >= 0.6 is 0 Å². The van der Waals surface area contributed by atoms with Gasteiger partial charge in [0.15, 0.2) is 0 Å². The normalized spacial score (nSPS) is 13.2. The van der Waals surface area contributed by atoms with Crippen LogP contribution in [0, 0.1) is 0 Å². The summed E-state index contributed by atoms with van der Waals surface area (Å²) < 4.78 is 30.2. The molecule has 0 spiro atoms. The molecule has 26 heavy (non-hydrogen) atoms. The third-order valence-electron chi connectivity index (χ3n) is 3.30. The fourth-order valence-electron chi connectivity index (χ4n) is 1.88. The van der Waals surface area contributed by atoms with Gasteiger partial charge in [0.25, 0.3) is 0 Å². The summed E-state index contributed by atoms with van der Waals surface area (Å²) in [4.78, 5) is 23.9. The van der Waals surface area contributed by atoms with Crippen molar-refractivity contribution in [2.75, 3.05) is 14.1 Å². The molecule has 0 unspecified atom stereocenters. The minimum Gasteiger partial charge on any atom is -0.444 e. The Bertz CT molecular complexity index is 737. The van der Waals surface area contributed by atoms with E-state index in [1.54, 1.807) is 39.8 Å². The third kappa shape index (κ3) is 6.64. The maximum absolute atomic E-state index is 12.0. The first kappa shape index (κ1) is 21.9. The van der Waals surface area contributed by atoms with Crippen LogP contribution in [0.25, 0.3) is 0 Å². The zero-order valence-corrected chi connectivity index (χ0v) is 16.8. The Balaban J connectivity index is 2.58. The first-order valence-electron chi connectivity index (χ1n) is 8.11. The number of amides is 2. The predicted octanol–water partition coefficient (Wildman–Crippen LogP) is 1.47. The molecular weight excluding hydrogens is 358 g/mol. The lowest BCUT2D eigenvalue weighted by Crippen LogP contribution is -2.46. The fraction of sp³-hybridized carbons (Fsp3) is 0.529. The molecule has 146 valence electrons. The number of nitrogens with one attached hydrogen (secondary N) is 2. The van der Waals surface area contributed by atoms with Gasteiger partial charge in [0.1, 0.15) is 11.6 Å². The lowest BCUT2D eigenvalue weighted by atomic mass is 10.2. The van der Waals surface area contributed by atoms with E-state index in [1.807, 2.05) is 0 Å². The zero-order valence-electron chi connectivity index (χ0n) is 16.0. The van der Waals surface area contributed by atoms with Crippen molar-refractivity contribution in [3.8, 4) is 0 Å². The van der Waals surface area contributed by atoms with Crippen molar-refractivity contribution >= 4 is 22.0 Å². The van der Waals surface area contributed by atoms with Crippen LogP contribution in [0.15, 0.2) is 29.2 Å². The van der Waals surface area contributed by atoms with Crippen molar-refractivity contribution in [2.24, 2.45) is 0 Å². The van der Waals surface area contributed by atoms with Gasteiger partial charge in [-0.25, -0.2) is 17.5 Å². The van der Waals surface area contributed by atoms with Crippen LogP contribution in [0.5, 0.6) is 0 Å². The molecular formula is C17H27N3O5S. The quantitative estimate of drug-likeness (QED) is 0.771. The SMILES string of the molecule is C[C@@H](NC(=O)OC(C)(C)C)C(=O)NCc1ccc(S(=O)(=O)N(C)C)cc1. The molecule has 0 aliphatic heterocycles. The Hall–Kier alpha value is -2.13. The summed E-state index contributed by atoms with van der Waals surface area (Å²) in [5.74, 6) is -0.374. The van der Waals surface area contributed by atoms with E-state index >= 15 is 0 Å². The average Bonchev–Trinajstić information content (AvgIpc) is 2.50. The molecule has 0 heterocycles. The topological polar surface area (TPSA) is 105 Å². The zero-order chi connectivity index (χ0) is 20.1. The van der Waals surface area contributed by atoms with Gasteiger partial charge >= 0.3 is 6.09 Å². The lowest BCUT2D eigenvalue weighted by molar-refractivity contribution is -0.122. The van der Waals surface area contributed by atoms with Gasteiger partial charge < -0.3 is 15.4 Å². The van der Waals surface area contributed by atoms with E-state index in [2.05, 4.69) is 10.6 Å². The van der Waals surface area contributed by atoms with Gasteiger partial charge in [-0.3, -0.25) is 4.79 Å². The van der Waals surface area contributed by atoms with Gasteiger partial charge in [-0.15, -0.1) is 0 Å². The number of carbonyl (C=O) groups excluding carboxylic acids is 2. The lowest BCUT2D eigenvalue weighted by Gasteiger charge is -2.21. The number of rotatable bonds is 6. The molecule has 1 atom stereocenters. The van der Waals surface area contributed by atoms with Gasteiger partial charge in [-0.1, -0.05) is 12.1 Å². The molecule has 0 fully saturated rings. The smallest absolute Gasteiger partial charge is 0.408 e. The number of benzene rings is 1. The molecule has 0 aliphatic rings. The summed E-state index contributed by atoms with van der Waals surface area (Å²) in [6.45, 7) is 6.96. The molecule has 0 radical (unpaired) electrons. The second kappa shape index (κ2) is 8.50. The van der Waals surface area contributed by atoms with E-state index in [1.165, 1.54) is 26.2 Å². The Morgan fingerprint density at radius 1 is 1.15 bits per heavy atom. The average molecular weight is 385 g/mol. The van der Waals surface area contributed by atoms with E-state index in [4.69, 9.17) is 4.74 Å². The number of hydrogen-bond acceptors (Lipinski definition) is 5. The minimum atomic E-state index is -3.48.